The second-order valence-corrected chi connectivity index (χ2v) is 6.52. The maximum absolute atomic E-state index is 4.48. The molecular formula is C13H28N2S. The second-order valence-electron chi connectivity index (χ2n) is 6.16. The Bertz CT molecular complexity index is 216. The molecule has 0 aromatic carbocycles. The van der Waals surface area contributed by atoms with Gasteiger partial charge in [-0.25, -0.2) is 0 Å². The number of thiol groups is 1. The maximum Gasteiger partial charge on any atom is 0.0277 e. The molecule has 0 saturated carbocycles. The summed E-state index contributed by atoms with van der Waals surface area (Å²) in [5.41, 5.74) is 0.316. The van der Waals surface area contributed by atoms with Gasteiger partial charge < -0.3 is 0 Å². The Hall–Kier alpha value is 0.270. The molecule has 96 valence electrons. The first-order chi connectivity index (χ1) is 7.36. The second kappa shape index (κ2) is 5.74. The van der Waals surface area contributed by atoms with E-state index in [-0.39, 0.29) is 0 Å². The van der Waals surface area contributed by atoms with E-state index in [4.69, 9.17) is 0 Å². The molecule has 1 fully saturated rings. The van der Waals surface area contributed by atoms with Crippen molar-refractivity contribution >= 4 is 12.6 Å². The van der Waals surface area contributed by atoms with Crippen LogP contribution in [0.4, 0.5) is 0 Å². The Morgan fingerprint density at radius 2 is 1.88 bits per heavy atom. The van der Waals surface area contributed by atoms with E-state index >= 15 is 0 Å². The van der Waals surface area contributed by atoms with Crippen LogP contribution in [0, 0.1) is 11.8 Å². The highest BCUT2D eigenvalue weighted by Crippen LogP contribution is 2.21. The van der Waals surface area contributed by atoms with Gasteiger partial charge in [0.05, 0.1) is 0 Å². The molecule has 0 radical (unpaired) electrons. The van der Waals surface area contributed by atoms with Crippen LogP contribution in [-0.4, -0.2) is 54.3 Å². The summed E-state index contributed by atoms with van der Waals surface area (Å²) in [5, 5.41) is 0. The fourth-order valence-corrected chi connectivity index (χ4v) is 2.85. The normalized spacial score (nSPS) is 24.9. The third kappa shape index (κ3) is 3.64. The molecule has 0 amide bonds. The fourth-order valence-electron chi connectivity index (χ4n) is 2.31. The molecule has 0 bridgehead atoms. The van der Waals surface area contributed by atoms with Crippen molar-refractivity contribution in [2.24, 2.45) is 11.8 Å². The van der Waals surface area contributed by atoms with E-state index in [2.05, 4.69) is 57.2 Å². The van der Waals surface area contributed by atoms with Crippen LogP contribution >= 0.6 is 12.6 Å². The minimum atomic E-state index is 0.316. The summed E-state index contributed by atoms with van der Waals surface area (Å²) in [6, 6.07) is 0. The lowest BCUT2D eigenvalue weighted by atomic mass is 9.94. The highest BCUT2D eigenvalue weighted by atomic mass is 32.1. The minimum absolute atomic E-state index is 0.316. The zero-order chi connectivity index (χ0) is 12.3. The van der Waals surface area contributed by atoms with Crippen LogP contribution in [0.15, 0.2) is 0 Å². The summed E-state index contributed by atoms with van der Waals surface area (Å²) in [5.74, 6) is 2.47. The summed E-state index contributed by atoms with van der Waals surface area (Å²) in [7, 11) is 2.23. The number of nitrogens with zero attached hydrogens (tertiary/aromatic N) is 2. The summed E-state index contributed by atoms with van der Waals surface area (Å²) >= 11 is 4.48. The lowest BCUT2D eigenvalue weighted by Gasteiger charge is -2.46. The third-order valence-corrected chi connectivity index (χ3v) is 4.53. The molecule has 1 atom stereocenters. The van der Waals surface area contributed by atoms with E-state index in [1.807, 2.05) is 0 Å². The van der Waals surface area contributed by atoms with E-state index in [1.54, 1.807) is 0 Å². The van der Waals surface area contributed by atoms with Crippen LogP contribution in [0.25, 0.3) is 0 Å². The molecule has 1 heterocycles. The summed E-state index contributed by atoms with van der Waals surface area (Å²) < 4.78 is 0. The Balaban J connectivity index is 2.50. The van der Waals surface area contributed by atoms with E-state index < -0.39 is 0 Å². The van der Waals surface area contributed by atoms with Crippen molar-refractivity contribution in [1.82, 2.24) is 9.80 Å². The monoisotopic (exact) mass is 244 g/mol. The molecule has 0 aliphatic carbocycles. The summed E-state index contributed by atoms with van der Waals surface area (Å²) in [6.45, 7) is 14.1. The number of hydrogen-bond acceptors (Lipinski definition) is 3. The molecule has 1 aliphatic heterocycles. The average Bonchev–Trinajstić information content (AvgIpc) is 2.19. The molecule has 2 nitrogen and oxygen atoms in total. The number of rotatable bonds is 4. The van der Waals surface area contributed by atoms with E-state index in [0.29, 0.717) is 5.54 Å². The van der Waals surface area contributed by atoms with Crippen LogP contribution in [-0.2, 0) is 0 Å². The van der Waals surface area contributed by atoms with Gasteiger partial charge in [0.25, 0.3) is 0 Å². The van der Waals surface area contributed by atoms with Crippen molar-refractivity contribution in [1.29, 1.82) is 0 Å². The Morgan fingerprint density at radius 1 is 1.25 bits per heavy atom. The van der Waals surface area contributed by atoms with E-state index in [0.717, 1.165) is 17.6 Å². The summed E-state index contributed by atoms with van der Waals surface area (Å²) in [4.78, 5) is 5.08. The predicted octanol–water partition coefficient (Wildman–Crippen LogP) is 2.21. The zero-order valence-corrected chi connectivity index (χ0v) is 12.4. The smallest absolute Gasteiger partial charge is 0.0277 e. The maximum atomic E-state index is 4.48. The van der Waals surface area contributed by atoms with Gasteiger partial charge in [-0.3, -0.25) is 9.80 Å². The van der Waals surface area contributed by atoms with Gasteiger partial charge in [0.15, 0.2) is 0 Å². The van der Waals surface area contributed by atoms with Crippen molar-refractivity contribution in [2.75, 3.05) is 39.0 Å². The molecule has 3 heteroatoms. The Kier molecular flexibility index (Phi) is 5.14. The van der Waals surface area contributed by atoms with Gasteiger partial charge in [0, 0.05) is 31.7 Å². The van der Waals surface area contributed by atoms with Crippen LogP contribution < -0.4 is 0 Å². The summed E-state index contributed by atoms with van der Waals surface area (Å²) in [6.07, 6.45) is 0. The number of likely N-dealkylation sites (N-methyl/N-ethyl adjacent to an activating group) is 1. The first-order valence-corrected chi connectivity index (χ1v) is 7.04. The average molecular weight is 244 g/mol. The Morgan fingerprint density at radius 3 is 2.31 bits per heavy atom. The molecule has 0 aromatic heterocycles. The SMILES string of the molecule is CC(C)C(CS)CN1CCN(C)C(C)(C)C1. The third-order valence-electron chi connectivity index (χ3n) is 4.07. The van der Waals surface area contributed by atoms with Gasteiger partial charge in [-0.15, -0.1) is 0 Å². The van der Waals surface area contributed by atoms with Gasteiger partial charge in [-0.2, -0.15) is 12.6 Å². The fraction of sp³-hybridized carbons (Fsp3) is 1.00. The van der Waals surface area contributed by atoms with E-state index in [9.17, 15) is 0 Å². The number of piperazine rings is 1. The largest absolute Gasteiger partial charge is 0.300 e. The van der Waals surface area contributed by atoms with Crippen LogP contribution in [0.2, 0.25) is 0 Å². The standard InChI is InChI=1S/C13H28N2S/c1-11(2)12(9-16)8-15-7-6-14(5)13(3,4)10-15/h11-12,16H,6-10H2,1-5H3. The molecule has 1 rings (SSSR count). The van der Waals surface area contributed by atoms with Crippen molar-refractivity contribution in [2.45, 2.75) is 33.2 Å². The molecule has 0 N–H and O–H groups in total. The van der Waals surface area contributed by atoms with Gasteiger partial charge in [-0.05, 0) is 38.5 Å². The first-order valence-electron chi connectivity index (χ1n) is 6.41. The van der Waals surface area contributed by atoms with Gasteiger partial charge in [-0.1, -0.05) is 13.8 Å². The molecule has 1 saturated heterocycles. The molecular weight excluding hydrogens is 216 g/mol. The quantitative estimate of drug-likeness (QED) is 0.758. The number of hydrogen-bond donors (Lipinski definition) is 1. The predicted molar refractivity (Wildman–Crippen MR) is 75.3 cm³/mol. The first kappa shape index (κ1) is 14.3. The lowest BCUT2D eigenvalue weighted by Crippen LogP contribution is -2.58. The van der Waals surface area contributed by atoms with Crippen molar-refractivity contribution in [3.05, 3.63) is 0 Å². The van der Waals surface area contributed by atoms with Crippen LogP contribution in [0.3, 0.4) is 0 Å². The molecule has 16 heavy (non-hydrogen) atoms. The highest BCUT2D eigenvalue weighted by molar-refractivity contribution is 7.80. The topological polar surface area (TPSA) is 6.48 Å². The van der Waals surface area contributed by atoms with Crippen molar-refractivity contribution in [3.63, 3.8) is 0 Å². The van der Waals surface area contributed by atoms with Crippen molar-refractivity contribution in [3.8, 4) is 0 Å². The zero-order valence-electron chi connectivity index (χ0n) is 11.5. The highest BCUT2D eigenvalue weighted by Gasteiger charge is 2.31. The van der Waals surface area contributed by atoms with Crippen LogP contribution in [0.5, 0.6) is 0 Å². The molecule has 1 aliphatic rings. The molecule has 1 unspecified atom stereocenters. The molecule has 0 aromatic rings. The minimum Gasteiger partial charge on any atom is -0.300 e. The van der Waals surface area contributed by atoms with Gasteiger partial charge >= 0.3 is 0 Å². The Labute approximate surface area is 107 Å². The van der Waals surface area contributed by atoms with Gasteiger partial charge in [0.2, 0.25) is 0 Å². The molecule has 0 spiro atoms. The van der Waals surface area contributed by atoms with Crippen LogP contribution in [0.1, 0.15) is 27.7 Å². The van der Waals surface area contributed by atoms with Crippen molar-refractivity contribution < 1.29 is 0 Å². The van der Waals surface area contributed by atoms with E-state index in [1.165, 1.54) is 26.2 Å². The lowest BCUT2D eigenvalue weighted by molar-refractivity contribution is 0.0303. The van der Waals surface area contributed by atoms with Gasteiger partial charge in [0.1, 0.15) is 0 Å².